The van der Waals surface area contributed by atoms with Crippen LogP contribution in [0.5, 0.6) is 0 Å². The topological polar surface area (TPSA) is 63.3 Å². The molecule has 1 aliphatic carbocycles. The summed E-state index contributed by atoms with van der Waals surface area (Å²) < 4.78 is 0. The van der Waals surface area contributed by atoms with Gasteiger partial charge in [-0.3, -0.25) is 4.79 Å². The minimum absolute atomic E-state index is 0.0764. The van der Waals surface area contributed by atoms with Crippen molar-refractivity contribution < 1.29 is 9.90 Å². The summed E-state index contributed by atoms with van der Waals surface area (Å²) in [6.07, 6.45) is 1.63. The van der Waals surface area contributed by atoms with Crippen molar-refractivity contribution >= 4 is 5.97 Å². The van der Waals surface area contributed by atoms with Crippen LogP contribution in [0.4, 0.5) is 0 Å². The van der Waals surface area contributed by atoms with Gasteiger partial charge in [-0.2, -0.15) is 0 Å². The third-order valence-corrected chi connectivity index (χ3v) is 1.65. The number of nitrogens with two attached hydrogens (primary N) is 1. The lowest BCUT2D eigenvalue weighted by Gasteiger charge is -2.29. The Hall–Kier alpha value is -0.570. The van der Waals surface area contributed by atoms with E-state index in [-0.39, 0.29) is 12.0 Å². The molecule has 0 saturated heterocycles. The van der Waals surface area contributed by atoms with Crippen molar-refractivity contribution in [3.8, 4) is 0 Å². The van der Waals surface area contributed by atoms with Crippen LogP contribution < -0.4 is 5.73 Å². The average molecular weight is 115 g/mol. The number of carboxylic acid groups (broad SMARTS) is 1. The summed E-state index contributed by atoms with van der Waals surface area (Å²) in [6, 6.07) is -0.0764. The lowest BCUT2D eigenvalue weighted by Crippen LogP contribution is -2.43. The summed E-state index contributed by atoms with van der Waals surface area (Å²) in [5.41, 5.74) is 5.34. The van der Waals surface area contributed by atoms with Crippen LogP contribution in [-0.4, -0.2) is 17.1 Å². The van der Waals surface area contributed by atoms with Crippen LogP contribution in [0.15, 0.2) is 0 Å². The average Bonchev–Trinajstić information content (AvgIpc) is 1.61. The van der Waals surface area contributed by atoms with Crippen LogP contribution in [0.2, 0.25) is 0 Å². The molecular weight excluding hydrogens is 106 g/mol. The highest BCUT2D eigenvalue weighted by Crippen LogP contribution is 2.24. The Morgan fingerprint density at radius 2 is 2.25 bits per heavy atom. The van der Waals surface area contributed by atoms with Crippen LogP contribution in [0.1, 0.15) is 12.8 Å². The van der Waals surface area contributed by atoms with Gasteiger partial charge in [0.1, 0.15) is 0 Å². The molecule has 0 aromatic carbocycles. The summed E-state index contributed by atoms with van der Waals surface area (Å²) in [6.45, 7) is 0. The van der Waals surface area contributed by atoms with E-state index in [2.05, 4.69) is 0 Å². The molecule has 3 nitrogen and oxygen atoms in total. The van der Waals surface area contributed by atoms with Gasteiger partial charge in [0.05, 0.1) is 5.92 Å². The maximum absolute atomic E-state index is 10.1. The predicted molar refractivity (Wildman–Crippen MR) is 28.3 cm³/mol. The number of rotatable bonds is 1. The van der Waals surface area contributed by atoms with Crippen molar-refractivity contribution in [1.29, 1.82) is 0 Å². The Labute approximate surface area is 47.5 Å². The van der Waals surface area contributed by atoms with Crippen LogP contribution in [0.25, 0.3) is 0 Å². The molecular formula is C5H9NO2. The first-order valence-corrected chi connectivity index (χ1v) is 2.70. The lowest BCUT2D eigenvalue weighted by molar-refractivity contribution is -0.145. The number of hydrogen-bond donors (Lipinski definition) is 2. The summed E-state index contributed by atoms with van der Waals surface area (Å²) in [4.78, 5) is 10.1. The van der Waals surface area contributed by atoms with Crippen LogP contribution in [0.3, 0.4) is 0 Å². The van der Waals surface area contributed by atoms with Gasteiger partial charge in [0.15, 0.2) is 0 Å². The molecule has 8 heavy (non-hydrogen) atoms. The first-order chi connectivity index (χ1) is 3.72. The zero-order valence-electron chi connectivity index (χ0n) is 4.50. The summed E-state index contributed by atoms with van der Waals surface area (Å²) in [5, 5.41) is 8.32. The van der Waals surface area contributed by atoms with E-state index < -0.39 is 5.97 Å². The van der Waals surface area contributed by atoms with Gasteiger partial charge in [-0.1, -0.05) is 0 Å². The normalized spacial score (nSPS) is 36.1. The lowest BCUT2D eigenvalue weighted by atomic mass is 9.80. The summed E-state index contributed by atoms with van der Waals surface area (Å²) in [5.74, 6) is -1.00. The smallest absolute Gasteiger partial charge is 0.308 e. The number of aliphatic carboxylic acids is 1. The molecule has 2 atom stereocenters. The van der Waals surface area contributed by atoms with E-state index in [9.17, 15) is 4.79 Å². The Morgan fingerprint density at radius 1 is 1.62 bits per heavy atom. The van der Waals surface area contributed by atoms with Crippen molar-refractivity contribution in [2.75, 3.05) is 0 Å². The van der Waals surface area contributed by atoms with Gasteiger partial charge in [0.2, 0.25) is 0 Å². The second-order valence-electron chi connectivity index (χ2n) is 2.19. The Bertz CT molecular complexity index is 113. The number of carboxylic acids is 1. The monoisotopic (exact) mass is 115 g/mol. The van der Waals surface area contributed by atoms with Crippen LogP contribution in [0, 0.1) is 5.92 Å². The fourth-order valence-corrected chi connectivity index (χ4v) is 0.832. The zero-order chi connectivity index (χ0) is 6.15. The Morgan fingerprint density at radius 3 is 2.25 bits per heavy atom. The molecule has 0 bridgehead atoms. The maximum atomic E-state index is 10.1. The minimum Gasteiger partial charge on any atom is -0.481 e. The molecule has 0 amide bonds. The van der Waals surface area contributed by atoms with Gasteiger partial charge in [-0.05, 0) is 12.8 Å². The molecule has 0 aromatic heterocycles. The largest absolute Gasteiger partial charge is 0.481 e. The fourth-order valence-electron chi connectivity index (χ4n) is 0.832. The van der Waals surface area contributed by atoms with E-state index in [1.807, 2.05) is 0 Å². The molecule has 1 fully saturated rings. The quantitative estimate of drug-likeness (QED) is 0.497. The van der Waals surface area contributed by atoms with Crippen molar-refractivity contribution in [2.24, 2.45) is 11.7 Å². The third-order valence-electron chi connectivity index (χ3n) is 1.65. The van der Waals surface area contributed by atoms with Crippen molar-refractivity contribution in [3.05, 3.63) is 0 Å². The zero-order valence-corrected chi connectivity index (χ0v) is 4.50. The first-order valence-electron chi connectivity index (χ1n) is 2.70. The van der Waals surface area contributed by atoms with E-state index in [4.69, 9.17) is 10.8 Å². The summed E-state index contributed by atoms with van der Waals surface area (Å²) in [7, 11) is 0. The first kappa shape index (κ1) is 5.56. The molecule has 1 rings (SSSR count). The fraction of sp³-hybridized carbons (Fsp3) is 0.800. The van der Waals surface area contributed by atoms with Crippen molar-refractivity contribution in [1.82, 2.24) is 0 Å². The number of carbonyl (C=O) groups is 1. The molecule has 1 saturated carbocycles. The molecule has 3 heteroatoms. The van der Waals surface area contributed by atoms with Gasteiger partial charge in [-0.25, -0.2) is 0 Å². The standard InChI is InChI=1S/C5H9NO2/c6-4-2-1-3(4)5(7)8/h3-4H,1-2,6H2,(H,7,8)/t3-,4?/m0/s1. The Balaban J connectivity index is 2.37. The van der Waals surface area contributed by atoms with Gasteiger partial charge in [0.25, 0.3) is 0 Å². The molecule has 0 spiro atoms. The van der Waals surface area contributed by atoms with Crippen molar-refractivity contribution in [2.45, 2.75) is 18.9 Å². The van der Waals surface area contributed by atoms with Crippen LogP contribution >= 0.6 is 0 Å². The molecule has 0 heterocycles. The highest BCUT2D eigenvalue weighted by Gasteiger charge is 2.33. The van der Waals surface area contributed by atoms with Gasteiger partial charge in [0, 0.05) is 6.04 Å². The molecule has 46 valence electrons. The molecule has 1 aliphatic rings. The third kappa shape index (κ3) is 0.690. The van der Waals surface area contributed by atoms with E-state index in [0.29, 0.717) is 0 Å². The number of hydrogen-bond acceptors (Lipinski definition) is 2. The predicted octanol–water partition coefficient (Wildman–Crippen LogP) is -0.192. The molecule has 0 radical (unpaired) electrons. The highest BCUT2D eigenvalue weighted by atomic mass is 16.4. The van der Waals surface area contributed by atoms with E-state index >= 15 is 0 Å². The second-order valence-corrected chi connectivity index (χ2v) is 2.19. The SMILES string of the molecule is NC1CC[C@@H]1C(=O)O. The molecule has 0 aromatic rings. The second kappa shape index (κ2) is 1.74. The van der Waals surface area contributed by atoms with E-state index in [0.717, 1.165) is 12.8 Å². The maximum Gasteiger partial charge on any atom is 0.308 e. The van der Waals surface area contributed by atoms with Gasteiger partial charge >= 0.3 is 5.97 Å². The molecule has 0 aliphatic heterocycles. The molecule has 1 unspecified atom stereocenters. The minimum atomic E-state index is -0.747. The summed E-state index contributed by atoms with van der Waals surface area (Å²) >= 11 is 0. The van der Waals surface area contributed by atoms with Crippen molar-refractivity contribution in [3.63, 3.8) is 0 Å². The van der Waals surface area contributed by atoms with E-state index in [1.165, 1.54) is 0 Å². The Kier molecular flexibility index (Phi) is 1.21. The van der Waals surface area contributed by atoms with E-state index in [1.54, 1.807) is 0 Å². The molecule has 3 N–H and O–H groups in total. The van der Waals surface area contributed by atoms with Gasteiger partial charge < -0.3 is 10.8 Å². The highest BCUT2D eigenvalue weighted by molar-refractivity contribution is 5.71. The van der Waals surface area contributed by atoms with Gasteiger partial charge in [-0.15, -0.1) is 0 Å². The van der Waals surface area contributed by atoms with Crippen LogP contribution in [-0.2, 0) is 4.79 Å².